The van der Waals surface area contributed by atoms with E-state index in [1.165, 1.54) is 22.4 Å². The first-order chi connectivity index (χ1) is 16.0. The average molecular weight is 461 g/mol. The highest BCUT2D eigenvalue weighted by Gasteiger charge is 2.19. The van der Waals surface area contributed by atoms with E-state index in [0.717, 1.165) is 53.6 Å². The van der Waals surface area contributed by atoms with Crippen LogP contribution in [0.2, 0.25) is 0 Å². The molecule has 0 unspecified atom stereocenters. The fraction of sp³-hybridized carbons (Fsp3) is 0.231. The van der Waals surface area contributed by atoms with Crippen molar-refractivity contribution < 1.29 is 9.18 Å². The fourth-order valence-corrected chi connectivity index (χ4v) is 5.14. The summed E-state index contributed by atoms with van der Waals surface area (Å²) in [7, 11) is 0. The van der Waals surface area contributed by atoms with Gasteiger partial charge < -0.3 is 10.2 Å². The second kappa shape index (κ2) is 9.29. The number of nitrogens with zero attached hydrogens (tertiary/aromatic N) is 3. The van der Waals surface area contributed by atoms with Crippen molar-refractivity contribution in [3.8, 4) is 10.6 Å². The number of hydrogen-bond donors (Lipinski definition) is 1. The minimum absolute atomic E-state index is 0.0200. The lowest BCUT2D eigenvalue weighted by Gasteiger charge is -2.35. The highest BCUT2D eigenvalue weighted by Crippen LogP contribution is 2.31. The number of thiazole rings is 1. The Balaban J connectivity index is 1.14. The number of aryl methyl sites for hydroxylation is 1. The van der Waals surface area contributed by atoms with Gasteiger partial charge in [0.1, 0.15) is 10.8 Å². The Labute approximate surface area is 196 Å². The number of fused-ring (bicyclic) bond motifs is 1. The van der Waals surface area contributed by atoms with Gasteiger partial charge in [0.25, 0.3) is 0 Å². The summed E-state index contributed by atoms with van der Waals surface area (Å²) in [6.45, 7) is 5.66. The van der Waals surface area contributed by atoms with Crippen molar-refractivity contribution in [3.05, 3.63) is 78.1 Å². The van der Waals surface area contributed by atoms with E-state index in [1.54, 1.807) is 23.5 Å². The number of halogens is 1. The molecule has 0 radical (unpaired) electrons. The minimum atomic E-state index is -0.225. The van der Waals surface area contributed by atoms with E-state index in [-0.39, 0.29) is 11.7 Å². The zero-order valence-corrected chi connectivity index (χ0v) is 19.2. The smallest absolute Gasteiger partial charge is 0.238 e. The predicted octanol–water partition coefficient (Wildman–Crippen LogP) is 5.17. The Bertz CT molecular complexity index is 1260. The first-order valence-corrected chi connectivity index (χ1v) is 11.9. The third-order valence-electron chi connectivity index (χ3n) is 5.89. The van der Waals surface area contributed by atoms with Crippen LogP contribution in [0.25, 0.3) is 20.8 Å². The van der Waals surface area contributed by atoms with Crippen LogP contribution < -0.4 is 10.2 Å². The van der Waals surface area contributed by atoms with Crippen molar-refractivity contribution in [1.29, 1.82) is 0 Å². The summed E-state index contributed by atoms with van der Waals surface area (Å²) in [4.78, 5) is 21.6. The van der Waals surface area contributed by atoms with E-state index < -0.39 is 0 Å². The number of amides is 1. The average Bonchev–Trinajstić information content (AvgIpc) is 3.24. The first-order valence-electron chi connectivity index (χ1n) is 11.0. The van der Waals surface area contributed by atoms with Crippen molar-refractivity contribution in [3.63, 3.8) is 0 Å². The van der Waals surface area contributed by atoms with E-state index in [0.29, 0.717) is 6.54 Å². The molecule has 1 N–H and O–H groups in total. The monoisotopic (exact) mass is 460 g/mol. The van der Waals surface area contributed by atoms with Crippen LogP contribution >= 0.6 is 11.3 Å². The van der Waals surface area contributed by atoms with Gasteiger partial charge in [-0.3, -0.25) is 9.69 Å². The second-order valence-corrected chi connectivity index (χ2v) is 9.39. The van der Waals surface area contributed by atoms with Crippen LogP contribution in [0.3, 0.4) is 0 Å². The van der Waals surface area contributed by atoms with Crippen LogP contribution in [0, 0.1) is 12.7 Å². The maximum Gasteiger partial charge on any atom is 0.238 e. The van der Waals surface area contributed by atoms with Gasteiger partial charge in [0.2, 0.25) is 5.91 Å². The molecular formula is C26H25FN4OS. The Morgan fingerprint density at radius 1 is 1.00 bits per heavy atom. The molecule has 1 aromatic heterocycles. The molecule has 2 heterocycles. The van der Waals surface area contributed by atoms with Gasteiger partial charge in [0.15, 0.2) is 0 Å². The molecule has 1 aliphatic rings. The standard InChI is InChI=1S/C26H25FN4OS/c1-18-2-11-23-24(16-18)33-26(29-23)19-3-7-21(8-4-19)28-25(32)17-30-12-14-31(15-13-30)22-9-5-20(27)6-10-22/h2-11,16H,12-15,17H2,1H3,(H,28,32). The Morgan fingerprint density at radius 3 is 2.45 bits per heavy atom. The summed E-state index contributed by atoms with van der Waals surface area (Å²) >= 11 is 1.68. The molecule has 0 bridgehead atoms. The lowest BCUT2D eigenvalue weighted by atomic mass is 10.2. The highest BCUT2D eigenvalue weighted by atomic mass is 32.1. The van der Waals surface area contributed by atoms with Gasteiger partial charge in [-0.15, -0.1) is 11.3 Å². The molecule has 1 aliphatic heterocycles. The maximum atomic E-state index is 13.1. The van der Waals surface area contributed by atoms with Gasteiger partial charge in [-0.25, -0.2) is 9.37 Å². The molecule has 5 rings (SSSR count). The summed E-state index contributed by atoms with van der Waals surface area (Å²) < 4.78 is 14.3. The third-order valence-corrected chi connectivity index (χ3v) is 6.96. The lowest BCUT2D eigenvalue weighted by molar-refractivity contribution is -0.117. The summed E-state index contributed by atoms with van der Waals surface area (Å²) in [5, 5.41) is 3.98. The molecule has 7 heteroatoms. The Kier molecular flexibility index (Phi) is 6.07. The van der Waals surface area contributed by atoms with E-state index in [4.69, 9.17) is 4.98 Å². The summed E-state index contributed by atoms with van der Waals surface area (Å²) in [6.07, 6.45) is 0. The molecule has 0 spiro atoms. The van der Waals surface area contributed by atoms with Crippen LogP contribution in [0.4, 0.5) is 15.8 Å². The molecule has 1 saturated heterocycles. The number of nitrogens with one attached hydrogen (secondary N) is 1. The van der Waals surface area contributed by atoms with Gasteiger partial charge in [-0.1, -0.05) is 6.07 Å². The number of benzene rings is 3. The van der Waals surface area contributed by atoms with Crippen LogP contribution in [-0.4, -0.2) is 48.5 Å². The van der Waals surface area contributed by atoms with Crippen LogP contribution in [-0.2, 0) is 4.79 Å². The Morgan fingerprint density at radius 2 is 1.73 bits per heavy atom. The molecule has 0 aliphatic carbocycles. The number of carbonyl (C=O) groups excluding carboxylic acids is 1. The van der Waals surface area contributed by atoms with Gasteiger partial charge in [0.05, 0.1) is 16.8 Å². The minimum Gasteiger partial charge on any atom is -0.369 e. The lowest BCUT2D eigenvalue weighted by Crippen LogP contribution is -2.48. The SMILES string of the molecule is Cc1ccc2nc(-c3ccc(NC(=O)CN4CCN(c5ccc(F)cc5)CC4)cc3)sc2c1. The summed E-state index contributed by atoms with van der Waals surface area (Å²) in [6, 6.07) is 20.7. The molecule has 0 saturated carbocycles. The van der Waals surface area contributed by atoms with E-state index in [1.807, 2.05) is 24.3 Å². The topological polar surface area (TPSA) is 48.5 Å². The largest absolute Gasteiger partial charge is 0.369 e. The normalized spacial score (nSPS) is 14.5. The van der Waals surface area contributed by atoms with Gasteiger partial charge >= 0.3 is 0 Å². The second-order valence-electron chi connectivity index (χ2n) is 8.36. The van der Waals surface area contributed by atoms with Crippen LogP contribution in [0.1, 0.15) is 5.56 Å². The molecule has 5 nitrogen and oxygen atoms in total. The molecule has 4 aromatic rings. The first kappa shape index (κ1) is 21.6. The van der Waals surface area contributed by atoms with Crippen molar-refractivity contribution in [2.24, 2.45) is 0 Å². The number of aromatic nitrogens is 1. The molecule has 33 heavy (non-hydrogen) atoms. The van der Waals surface area contributed by atoms with Gasteiger partial charge in [-0.05, 0) is 73.2 Å². The van der Waals surface area contributed by atoms with Crippen molar-refractivity contribution in [1.82, 2.24) is 9.88 Å². The van der Waals surface area contributed by atoms with Crippen molar-refractivity contribution >= 4 is 38.8 Å². The molecule has 168 valence electrons. The van der Waals surface area contributed by atoms with Gasteiger partial charge in [-0.2, -0.15) is 0 Å². The molecule has 3 aromatic carbocycles. The Hall–Kier alpha value is -3.29. The highest BCUT2D eigenvalue weighted by molar-refractivity contribution is 7.21. The summed E-state index contributed by atoms with van der Waals surface area (Å²) in [5.41, 5.74) is 5.09. The van der Waals surface area contributed by atoms with Gasteiger partial charge in [0, 0.05) is 43.1 Å². The number of hydrogen-bond acceptors (Lipinski definition) is 5. The number of piperazine rings is 1. The molecule has 0 atom stereocenters. The van der Waals surface area contributed by atoms with Crippen molar-refractivity contribution in [2.45, 2.75) is 6.92 Å². The number of anilines is 2. The number of carbonyl (C=O) groups is 1. The zero-order valence-electron chi connectivity index (χ0n) is 18.4. The van der Waals surface area contributed by atoms with Crippen LogP contribution in [0.5, 0.6) is 0 Å². The third kappa shape index (κ3) is 5.05. The molecular weight excluding hydrogens is 435 g/mol. The predicted molar refractivity (Wildman–Crippen MR) is 133 cm³/mol. The molecule has 1 amide bonds. The van der Waals surface area contributed by atoms with Crippen molar-refractivity contribution in [2.75, 3.05) is 42.9 Å². The quantitative estimate of drug-likeness (QED) is 0.446. The summed E-state index contributed by atoms with van der Waals surface area (Å²) in [5.74, 6) is -0.245. The maximum absolute atomic E-state index is 13.1. The van der Waals surface area contributed by atoms with E-state index in [9.17, 15) is 9.18 Å². The van der Waals surface area contributed by atoms with E-state index >= 15 is 0 Å². The number of rotatable bonds is 5. The molecule has 1 fully saturated rings. The van der Waals surface area contributed by atoms with Crippen LogP contribution in [0.15, 0.2) is 66.7 Å². The fourth-order valence-electron chi connectivity index (χ4n) is 4.07. The van der Waals surface area contributed by atoms with E-state index in [2.05, 4.69) is 40.2 Å². The zero-order chi connectivity index (χ0) is 22.8.